The number of nitrogens with zero attached hydrogens (tertiary/aromatic N) is 4. The SMILES string of the molecule is CN1CCN(C(=O)Nc2cccc(C3(N4CC[N+](C)(c5ccccc5)CC4)CCCCC3)c2)CC1.Cl.Cl.Cl. The fraction of sp³-hybridized carbons (Fsp3) is 0.552. The monoisotopic (exact) mass is 584 g/mol. The van der Waals surface area contributed by atoms with Crippen LogP contribution < -0.4 is 9.80 Å². The van der Waals surface area contributed by atoms with Gasteiger partial charge in [-0.05, 0) is 49.7 Å². The van der Waals surface area contributed by atoms with Gasteiger partial charge in [-0.25, -0.2) is 4.79 Å². The number of urea groups is 1. The van der Waals surface area contributed by atoms with Crippen molar-refractivity contribution in [1.82, 2.24) is 19.2 Å². The standard InChI is InChI=1S/C29H41N5O.3ClH/c1-31-16-18-32(19-17-31)28(35)30-26-11-9-10-25(24-26)29(14-7-4-8-15-29)33-20-22-34(2,23-21-33)27-12-5-3-6-13-27;;;/h3,5-6,9-13,24H,4,7-8,14-23H2,1-2H3;3*1H/p+1. The molecule has 212 valence electrons. The summed E-state index contributed by atoms with van der Waals surface area (Å²) in [6, 6.07) is 19.8. The van der Waals surface area contributed by atoms with E-state index in [1.54, 1.807) is 0 Å². The molecule has 38 heavy (non-hydrogen) atoms. The molecule has 1 saturated carbocycles. The lowest BCUT2D eigenvalue weighted by molar-refractivity contribution is 0.0116. The van der Waals surface area contributed by atoms with Gasteiger partial charge in [0, 0.05) is 50.5 Å². The molecular formula is C29H45Cl3N5O+. The zero-order valence-corrected chi connectivity index (χ0v) is 25.3. The van der Waals surface area contributed by atoms with Gasteiger partial charge in [0.25, 0.3) is 0 Å². The fourth-order valence-electron chi connectivity index (χ4n) is 6.40. The van der Waals surface area contributed by atoms with Gasteiger partial charge in [0.1, 0.15) is 5.69 Å². The predicted octanol–water partition coefficient (Wildman–Crippen LogP) is 5.84. The first-order chi connectivity index (χ1) is 17.0. The zero-order chi connectivity index (χ0) is 24.3. The third-order valence-electron chi connectivity index (χ3n) is 8.83. The van der Waals surface area contributed by atoms with Crippen LogP contribution in [0.15, 0.2) is 54.6 Å². The van der Waals surface area contributed by atoms with E-state index in [0.717, 1.165) is 62.5 Å². The van der Waals surface area contributed by atoms with Crippen LogP contribution in [-0.4, -0.2) is 87.2 Å². The topological polar surface area (TPSA) is 38.8 Å². The van der Waals surface area contributed by atoms with E-state index in [2.05, 4.69) is 77.7 Å². The number of nitrogens with one attached hydrogen (secondary N) is 1. The summed E-state index contributed by atoms with van der Waals surface area (Å²) >= 11 is 0. The Balaban J connectivity index is 0.00000169. The summed E-state index contributed by atoms with van der Waals surface area (Å²) in [4.78, 5) is 19.9. The second kappa shape index (κ2) is 14.2. The highest BCUT2D eigenvalue weighted by Crippen LogP contribution is 2.44. The summed E-state index contributed by atoms with van der Waals surface area (Å²) in [7, 11) is 4.50. The summed E-state index contributed by atoms with van der Waals surface area (Å²) in [5.41, 5.74) is 3.80. The number of benzene rings is 2. The third kappa shape index (κ3) is 6.96. The van der Waals surface area contributed by atoms with Crippen molar-refractivity contribution in [2.24, 2.45) is 0 Å². The molecule has 1 N–H and O–H groups in total. The zero-order valence-electron chi connectivity index (χ0n) is 22.8. The van der Waals surface area contributed by atoms with Gasteiger partial charge in [-0.1, -0.05) is 49.6 Å². The number of hydrogen-bond donors (Lipinski definition) is 1. The van der Waals surface area contributed by atoms with Crippen molar-refractivity contribution in [3.8, 4) is 0 Å². The average Bonchev–Trinajstić information content (AvgIpc) is 2.90. The number of anilines is 1. The second-order valence-electron chi connectivity index (χ2n) is 11.1. The van der Waals surface area contributed by atoms with Gasteiger partial charge in [-0.2, -0.15) is 0 Å². The average molecular weight is 586 g/mol. The maximum absolute atomic E-state index is 12.9. The molecule has 2 aromatic rings. The van der Waals surface area contributed by atoms with Gasteiger partial charge in [-0.3, -0.25) is 9.38 Å². The molecule has 9 heteroatoms. The molecule has 0 spiro atoms. The molecule has 0 unspecified atom stereocenters. The Kier molecular flexibility index (Phi) is 12.2. The summed E-state index contributed by atoms with van der Waals surface area (Å²) < 4.78 is 1.01. The van der Waals surface area contributed by atoms with Crippen LogP contribution in [0.1, 0.15) is 37.7 Å². The van der Waals surface area contributed by atoms with E-state index >= 15 is 0 Å². The fourth-order valence-corrected chi connectivity index (χ4v) is 6.40. The molecule has 6 nitrogen and oxygen atoms in total. The van der Waals surface area contributed by atoms with Crippen LogP contribution in [0, 0.1) is 0 Å². The Morgan fingerprint density at radius 3 is 2.08 bits per heavy atom. The molecule has 5 rings (SSSR count). The molecule has 2 heterocycles. The number of rotatable bonds is 4. The summed E-state index contributed by atoms with van der Waals surface area (Å²) in [6.07, 6.45) is 6.29. The largest absolute Gasteiger partial charge is 0.322 e. The van der Waals surface area contributed by atoms with Crippen molar-refractivity contribution in [3.05, 3.63) is 60.2 Å². The molecule has 0 atom stereocenters. The Labute approximate surface area is 247 Å². The highest BCUT2D eigenvalue weighted by molar-refractivity contribution is 5.89. The van der Waals surface area contributed by atoms with Gasteiger partial charge in [0.2, 0.25) is 0 Å². The number of carbonyl (C=O) groups excluding carboxylic acids is 1. The van der Waals surface area contributed by atoms with Gasteiger partial charge < -0.3 is 15.1 Å². The number of para-hydroxylation sites is 1. The van der Waals surface area contributed by atoms with E-state index in [-0.39, 0.29) is 48.8 Å². The first kappa shape index (κ1) is 32.7. The van der Waals surface area contributed by atoms with Crippen molar-refractivity contribution >= 4 is 54.6 Å². The minimum atomic E-state index is 0. The lowest BCUT2D eigenvalue weighted by atomic mass is 9.74. The van der Waals surface area contributed by atoms with Crippen LogP contribution in [0.4, 0.5) is 16.2 Å². The Morgan fingerprint density at radius 2 is 1.45 bits per heavy atom. The quantitative estimate of drug-likeness (QED) is 0.458. The van der Waals surface area contributed by atoms with Crippen LogP contribution >= 0.6 is 37.2 Å². The van der Waals surface area contributed by atoms with E-state index in [0.29, 0.717) is 0 Å². The Morgan fingerprint density at radius 1 is 0.816 bits per heavy atom. The third-order valence-corrected chi connectivity index (χ3v) is 8.83. The molecule has 3 fully saturated rings. The van der Waals surface area contributed by atoms with Crippen LogP contribution in [-0.2, 0) is 5.54 Å². The molecule has 3 aliphatic rings. The molecule has 0 aromatic heterocycles. The highest BCUT2D eigenvalue weighted by Gasteiger charge is 2.44. The Bertz CT molecular complexity index is 1000. The maximum Gasteiger partial charge on any atom is 0.321 e. The molecule has 1 aliphatic carbocycles. The van der Waals surface area contributed by atoms with Gasteiger partial charge in [-0.15, -0.1) is 37.2 Å². The van der Waals surface area contributed by atoms with E-state index in [1.807, 2.05) is 11.0 Å². The number of amides is 2. The molecule has 2 aromatic carbocycles. The number of carbonyl (C=O) groups is 1. The van der Waals surface area contributed by atoms with Crippen LogP contribution in [0.2, 0.25) is 0 Å². The van der Waals surface area contributed by atoms with Crippen molar-refractivity contribution in [1.29, 1.82) is 0 Å². The van der Waals surface area contributed by atoms with Crippen LogP contribution in [0.3, 0.4) is 0 Å². The maximum atomic E-state index is 12.9. The summed E-state index contributed by atoms with van der Waals surface area (Å²) in [5, 5.41) is 3.21. The van der Waals surface area contributed by atoms with E-state index in [9.17, 15) is 4.79 Å². The lowest BCUT2D eigenvalue weighted by Crippen LogP contribution is -2.63. The number of quaternary nitrogens is 1. The van der Waals surface area contributed by atoms with Crippen LogP contribution in [0.25, 0.3) is 0 Å². The summed E-state index contributed by atoms with van der Waals surface area (Å²) in [5.74, 6) is 0. The predicted molar refractivity (Wildman–Crippen MR) is 167 cm³/mol. The van der Waals surface area contributed by atoms with Crippen molar-refractivity contribution in [2.75, 3.05) is 71.8 Å². The van der Waals surface area contributed by atoms with Gasteiger partial charge >= 0.3 is 6.03 Å². The first-order valence-corrected chi connectivity index (χ1v) is 13.5. The van der Waals surface area contributed by atoms with Crippen molar-refractivity contribution in [2.45, 2.75) is 37.6 Å². The number of piperazine rings is 2. The summed E-state index contributed by atoms with van der Waals surface area (Å²) in [6.45, 7) is 7.91. The Hall–Kier alpha value is -1.54. The molecule has 2 saturated heterocycles. The molecule has 0 radical (unpaired) electrons. The molecular weight excluding hydrogens is 541 g/mol. The number of halogens is 3. The molecule has 0 bridgehead atoms. The minimum absolute atomic E-state index is 0. The van der Waals surface area contributed by atoms with Gasteiger partial charge in [0.05, 0.1) is 20.1 Å². The van der Waals surface area contributed by atoms with Crippen molar-refractivity contribution in [3.63, 3.8) is 0 Å². The van der Waals surface area contributed by atoms with Crippen LogP contribution in [0.5, 0.6) is 0 Å². The smallest absolute Gasteiger partial charge is 0.321 e. The first-order valence-electron chi connectivity index (χ1n) is 13.5. The van der Waals surface area contributed by atoms with E-state index < -0.39 is 0 Å². The normalized spacial score (nSPS) is 21.3. The second-order valence-corrected chi connectivity index (χ2v) is 11.1. The minimum Gasteiger partial charge on any atom is -0.322 e. The lowest BCUT2D eigenvalue weighted by Gasteiger charge is -2.52. The van der Waals surface area contributed by atoms with Crippen molar-refractivity contribution < 1.29 is 4.79 Å². The number of likely N-dealkylation sites (N-methyl/N-ethyl adjacent to an activating group) is 2. The van der Waals surface area contributed by atoms with E-state index in [1.165, 1.54) is 43.4 Å². The molecule has 2 aliphatic heterocycles. The number of hydrogen-bond acceptors (Lipinski definition) is 3. The van der Waals surface area contributed by atoms with E-state index in [4.69, 9.17) is 0 Å². The molecule has 2 amide bonds. The highest BCUT2D eigenvalue weighted by atomic mass is 35.5. The van der Waals surface area contributed by atoms with Gasteiger partial charge in [0.15, 0.2) is 0 Å².